The number of hydrogen-bond acceptors (Lipinski definition) is 7. The van der Waals surface area contributed by atoms with Gasteiger partial charge in [-0.1, -0.05) is 6.92 Å². The maximum absolute atomic E-state index is 13.4. The van der Waals surface area contributed by atoms with Crippen LogP contribution in [0.2, 0.25) is 0 Å². The zero-order valence-corrected chi connectivity index (χ0v) is 22.0. The van der Waals surface area contributed by atoms with Gasteiger partial charge in [-0.3, -0.25) is 9.52 Å². The molecule has 0 fully saturated rings. The first-order valence-electron chi connectivity index (χ1n) is 11.1. The van der Waals surface area contributed by atoms with Gasteiger partial charge in [-0.25, -0.2) is 21.2 Å². The highest BCUT2D eigenvalue weighted by atomic mass is 32.2. The minimum atomic E-state index is -3.96. The predicted octanol–water partition coefficient (Wildman–Crippen LogP) is 1.74. The van der Waals surface area contributed by atoms with Gasteiger partial charge in [0, 0.05) is 25.2 Å². The fourth-order valence-electron chi connectivity index (χ4n) is 3.86. The van der Waals surface area contributed by atoms with Gasteiger partial charge in [-0.05, 0) is 49.4 Å². The third-order valence-electron chi connectivity index (χ3n) is 5.93. The molecular weight excluding hydrogens is 513 g/mol. The molecule has 2 N–H and O–H groups in total. The zero-order chi connectivity index (χ0) is 26.8. The summed E-state index contributed by atoms with van der Waals surface area (Å²) in [6, 6.07) is 8.16. The Morgan fingerprint density at radius 2 is 1.83 bits per heavy atom. The SMILES string of the molecule is C[C@@H]1CN([C@H](C)CO)C(=O)c2cc(NS(C)(=O)=O)ccc2O[C@H]1CN(C)S(=O)(=O)c1ccc(F)cc1. The number of nitrogens with one attached hydrogen (secondary N) is 1. The van der Waals surface area contributed by atoms with E-state index in [1.54, 1.807) is 13.8 Å². The lowest BCUT2D eigenvalue weighted by Gasteiger charge is -2.38. The number of carbonyl (C=O) groups is 1. The minimum Gasteiger partial charge on any atom is -0.488 e. The number of hydrogen-bond donors (Lipinski definition) is 2. The molecule has 13 heteroatoms. The van der Waals surface area contributed by atoms with Crippen molar-refractivity contribution in [1.29, 1.82) is 0 Å². The lowest BCUT2D eigenvalue weighted by molar-refractivity contribution is 0.0387. The van der Waals surface area contributed by atoms with Crippen LogP contribution in [0.4, 0.5) is 10.1 Å². The van der Waals surface area contributed by atoms with Crippen molar-refractivity contribution < 1.29 is 35.9 Å². The zero-order valence-electron chi connectivity index (χ0n) is 20.4. The molecule has 3 atom stereocenters. The summed E-state index contributed by atoms with van der Waals surface area (Å²) < 4.78 is 72.3. The monoisotopic (exact) mass is 543 g/mol. The van der Waals surface area contributed by atoms with Gasteiger partial charge in [-0.15, -0.1) is 0 Å². The van der Waals surface area contributed by atoms with E-state index in [9.17, 15) is 31.1 Å². The predicted molar refractivity (Wildman–Crippen MR) is 132 cm³/mol. The van der Waals surface area contributed by atoms with Crippen molar-refractivity contribution in [3.63, 3.8) is 0 Å². The van der Waals surface area contributed by atoms with Crippen LogP contribution in [-0.2, 0) is 20.0 Å². The molecule has 0 radical (unpaired) electrons. The minimum absolute atomic E-state index is 0.0740. The highest BCUT2D eigenvalue weighted by Gasteiger charge is 2.35. The summed E-state index contributed by atoms with van der Waals surface area (Å²) >= 11 is 0. The second-order valence-corrected chi connectivity index (χ2v) is 12.7. The molecular formula is C23H30FN3O7S2. The van der Waals surface area contributed by atoms with Crippen molar-refractivity contribution in [3.8, 4) is 5.75 Å². The van der Waals surface area contributed by atoms with Gasteiger partial charge in [0.2, 0.25) is 20.0 Å². The Morgan fingerprint density at radius 3 is 2.42 bits per heavy atom. The van der Waals surface area contributed by atoms with Crippen LogP contribution in [0.3, 0.4) is 0 Å². The number of fused-ring (bicyclic) bond motifs is 1. The number of likely N-dealkylation sites (N-methyl/N-ethyl adjacent to an activating group) is 1. The van der Waals surface area contributed by atoms with E-state index < -0.39 is 43.9 Å². The van der Waals surface area contributed by atoms with E-state index in [2.05, 4.69) is 4.72 Å². The Morgan fingerprint density at radius 1 is 1.19 bits per heavy atom. The van der Waals surface area contributed by atoms with E-state index in [1.165, 1.54) is 42.3 Å². The number of aliphatic hydroxyl groups is 1. The Kier molecular flexibility index (Phi) is 8.28. The number of carbonyl (C=O) groups excluding carboxylic acids is 1. The number of aliphatic hydroxyl groups excluding tert-OH is 1. The van der Waals surface area contributed by atoms with Crippen LogP contribution in [0, 0.1) is 11.7 Å². The molecule has 1 aliphatic rings. The Labute approximate surface area is 210 Å². The van der Waals surface area contributed by atoms with Gasteiger partial charge in [0.25, 0.3) is 5.91 Å². The molecule has 0 aromatic heterocycles. The highest BCUT2D eigenvalue weighted by molar-refractivity contribution is 7.92. The van der Waals surface area contributed by atoms with Crippen molar-refractivity contribution in [2.75, 3.05) is 37.7 Å². The molecule has 0 aliphatic carbocycles. The van der Waals surface area contributed by atoms with E-state index in [0.29, 0.717) is 0 Å². The first kappa shape index (κ1) is 27.8. The van der Waals surface area contributed by atoms with Gasteiger partial charge >= 0.3 is 0 Å². The third-order valence-corrected chi connectivity index (χ3v) is 8.37. The summed E-state index contributed by atoms with van der Waals surface area (Å²) in [4.78, 5) is 14.8. The van der Waals surface area contributed by atoms with Crippen molar-refractivity contribution in [2.45, 2.75) is 30.9 Å². The molecule has 1 aliphatic heterocycles. The molecule has 1 amide bonds. The number of halogens is 1. The Hall–Kier alpha value is -2.74. The molecule has 0 saturated heterocycles. The Balaban J connectivity index is 1.99. The van der Waals surface area contributed by atoms with Gasteiger partial charge < -0.3 is 14.7 Å². The average Bonchev–Trinajstić information content (AvgIpc) is 2.80. The van der Waals surface area contributed by atoms with Crippen molar-refractivity contribution >= 4 is 31.6 Å². The maximum Gasteiger partial charge on any atom is 0.258 e. The summed E-state index contributed by atoms with van der Waals surface area (Å²) in [5, 5.41) is 9.74. The molecule has 1 heterocycles. The summed E-state index contributed by atoms with van der Waals surface area (Å²) in [6.45, 7) is 3.24. The first-order valence-corrected chi connectivity index (χ1v) is 14.5. The van der Waals surface area contributed by atoms with Gasteiger partial charge in [0.05, 0.1) is 35.9 Å². The number of rotatable bonds is 8. The molecule has 2 aromatic carbocycles. The largest absolute Gasteiger partial charge is 0.488 e. The van der Waals surface area contributed by atoms with Gasteiger partial charge in [0.1, 0.15) is 17.7 Å². The fraction of sp³-hybridized carbons (Fsp3) is 0.435. The summed E-state index contributed by atoms with van der Waals surface area (Å²) in [5.41, 5.74) is 0.232. The second-order valence-electron chi connectivity index (χ2n) is 8.95. The van der Waals surface area contributed by atoms with Crippen LogP contribution >= 0.6 is 0 Å². The Bertz CT molecular complexity index is 1320. The summed E-state index contributed by atoms with van der Waals surface area (Å²) in [6.07, 6.45) is 0.274. The van der Waals surface area contributed by atoms with E-state index in [0.717, 1.165) is 22.7 Å². The van der Waals surface area contributed by atoms with Gasteiger partial charge in [-0.2, -0.15) is 4.31 Å². The van der Waals surface area contributed by atoms with Crippen LogP contribution < -0.4 is 9.46 Å². The van der Waals surface area contributed by atoms with Gasteiger partial charge in [0.15, 0.2) is 0 Å². The number of anilines is 1. The first-order chi connectivity index (χ1) is 16.7. The second kappa shape index (κ2) is 10.7. The third kappa shape index (κ3) is 6.33. The molecule has 36 heavy (non-hydrogen) atoms. The molecule has 0 saturated carbocycles. The number of sulfonamides is 2. The molecule has 0 unspecified atom stereocenters. The van der Waals surface area contributed by atoms with Crippen molar-refractivity contribution in [2.24, 2.45) is 5.92 Å². The average molecular weight is 544 g/mol. The lowest BCUT2D eigenvalue weighted by Crippen LogP contribution is -2.50. The number of ether oxygens (including phenoxy) is 1. The highest BCUT2D eigenvalue weighted by Crippen LogP contribution is 2.31. The van der Waals surface area contributed by atoms with Crippen LogP contribution in [-0.4, -0.2) is 82.2 Å². The van der Waals surface area contributed by atoms with Crippen molar-refractivity contribution in [3.05, 3.63) is 53.8 Å². The number of benzene rings is 2. The lowest BCUT2D eigenvalue weighted by atomic mass is 9.99. The van der Waals surface area contributed by atoms with Crippen molar-refractivity contribution in [1.82, 2.24) is 9.21 Å². The normalized spacial score (nSPS) is 19.8. The van der Waals surface area contributed by atoms with E-state index in [-0.39, 0.29) is 47.5 Å². The quantitative estimate of drug-likeness (QED) is 0.518. The molecule has 0 spiro atoms. The summed E-state index contributed by atoms with van der Waals surface area (Å²) in [5.74, 6) is -1.21. The topological polar surface area (TPSA) is 133 Å². The van der Waals surface area contributed by atoms with Crippen LogP contribution in [0.5, 0.6) is 5.75 Å². The molecule has 2 aromatic rings. The standard InChI is InChI=1S/C23H30FN3O7S2/c1-15-12-27(16(2)14-28)23(29)20-11-18(25-35(4,30)31)7-10-21(20)34-22(15)13-26(3)36(32,33)19-8-5-17(24)6-9-19/h5-11,15-16,22,25,28H,12-14H2,1-4H3/t15-,16-,22+/m1/s1. The molecule has 198 valence electrons. The van der Waals surface area contributed by atoms with E-state index >= 15 is 0 Å². The van der Waals surface area contributed by atoms with Crippen LogP contribution in [0.1, 0.15) is 24.2 Å². The summed E-state index contributed by atoms with van der Waals surface area (Å²) in [7, 11) is -6.18. The smallest absolute Gasteiger partial charge is 0.258 e. The van der Waals surface area contributed by atoms with E-state index in [1.807, 2.05) is 0 Å². The van der Waals surface area contributed by atoms with E-state index in [4.69, 9.17) is 4.74 Å². The molecule has 3 rings (SSSR count). The number of amides is 1. The van der Waals surface area contributed by atoms with Crippen LogP contribution in [0.15, 0.2) is 47.4 Å². The maximum atomic E-state index is 13.4. The van der Waals surface area contributed by atoms with Crippen LogP contribution in [0.25, 0.3) is 0 Å². The molecule has 0 bridgehead atoms. The molecule has 10 nitrogen and oxygen atoms in total. The fourth-order valence-corrected chi connectivity index (χ4v) is 5.59. The number of nitrogens with zero attached hydrogens (tertiary/aromatic N) is 2.